The molecule has 0 aromatic heterocycles. The quantitative estimate of drug-likeness (QED) is 0.536. The first-order valence-corrected chi connectivity index (χ1v) is 4.16. The Hall–Kier alpha value is -1.12. The van der Waals surface area contributed by atoms with Crippen LogP contribution in [-0.4, -0.2) is 22.6 Å². The average molecular weight is 165 g/mol. The van der Waals surface area contributed by atoms with Gasteiger partial charge in [-0.15, -0.1) is 0 Å². The second kappa shape index (κ2) is 2.19. The number of amides is 1. The van der Waals surface area contributed by atoms with Crippen LogP contribution in [-0.2, 0) is 9.59 Å². The van der Waals surface area contributed by atoms with Gasteiger partial charge in [0, 0.05) is 13.3 Å². The van der Waals surface area contributed by atoms with Gasteiger partial charge in [-0.1, -0.05) is 13.0 Å². The number of hydrogen-bond acceptors (Lipinski definition) is 2. The molecule has 0 bridgehead atoms. The Morgan fingerprint density at radius 3 is 2.75 bits per heavy atom. The maximum Gasteiger partial charge on any atom is 0.229 e. The van der Waals surface area contributed by atoms with Gasteiger partial charge in [-0.3, -0.25) is 9.59 Å². The smallest absolute Gasteiger partial charge is 0.229 e. The van der Waals surface area contributed by atoms with E-state index in [1.54, 1.807) is 4.90 Å². The number of nitrogens with zero attached hydrogens (tertiary/aromatic N) is 1. The minimum atomic E-state index is -0.00241. The van der Waals surface area contributed by atoms with Gasteiger partial charge in [0.15, 0.2) is 5.78 Å². The van der Waals surface area contributed by atoms with Crippen molar-refractivity contribution < 1.29 is 9.59 Å². The van der Waals surface area contributed by atoms with Crippen molar-refractivity contribution in [2.45, 2.75) is 26.3 Å². The number of fused-ring (bicyclic) bond motifs is 1. The van der Waals surface area contributed by atoms with Crippen molar-refractivity contribution in [2.24, 2.45) is 5.92 Å². The summed E-state index contributed by atoms with van der Waals surface area (Å²) in [5.41, 5.74) is 0.601. The van der Waals surface area contributed by atoms with Crippen LogP contribution in [0.25, 0.3) is 0 Å². The van der Waals surface area contributed by atoms with Gasteiger partial charge in [-0.05, 0) is 5.92 Å². The molecule has 3 nitrogen and oxygen atoms in total. The number of allylic oxidation sites excluding steroid dienone is 1. The molecule has 0 aliphatic carbocycles. The molecule has 0 radical (unpaired) electrons. The minimum Gasteiger partial charge on any atom is -0.305 e. The van der Waals surface area contributed by atoms with Crippen LogP contribution in [0.15, 0.2) is 11.8 Å². The molecule has 2 heterocycles. The molecule has 0 saturated carbocycles. The zero-order valence-corrected chi connectivity index (χ0v) is 7.20. The third-order valence-corrected chi connectivity index (χ3v) is 2.63. The number of hydrogen-bond donors (Lipinski definition) is 0. The van der Waals surface area contributed by atoms with Crippen LogP contribution in [0.1, 0.15) is 20.3 Å². The van der Waals surface area contributed by atoms with Crippen molar-refractivity contribution in [3.8, 4) is 0 Å². The van der Waals surface area contributed by atoms with Gasteiger partial charge in [-0.2, -0.15) is 0 Å². The van der Waals surface area contributed by atoms with Crippen LogP contribution in [0, 0.1) is 5.92 Å². The Labute approximate surface area is 71.0 Å². The van der Waals surface area contributed by atoms with Gasteiger partial charge in [-0.25, -0.2) is 0 Å². The molecule has 0 aromatic rings. The first kappa shape index (κ1) is 7.53. The second-order valence-electron chi connectivity index (χ2n) is 3.50. The van der Waals surface area contributed by atoms with E-state index < -0.39 is 0 Å². The Morgan fingerprint density at radius 2 is 2.33 bits per heavy atom. The zero-order valence-electron chi connectivity index (χ0n) is 7.20. The van der Waals surface area contributed by atoms with E-state index in [1.165, 1.54) is 6.92 Å². The minimum absolute atomic E-state index is 0.00241. The number of rotatable bonds is 1. The maximum absolute atomic E-state index is 11.1. The van der Waals surface area contributed by atoms with Gasteiger partial charge in [0.05, 0.1) is 11.7 Å². The van der Waals surface area contributed by atoms with Crippen molar-refractivity contribution in [2.75, 3.05) is 0 Å². The summed E-state index contributed by atoms with van der Waals surface area (Å²) < 4.78 is 0. The molecule has 3 heteroatoms. The lowest BCUT2D eigenvalue weighted by Gasteiger charge is -2.37. The molecule has 0 spiro atoms. The monoisotopic (exact) mass is 165 g/mol. The van der Waals surface area contributed by atoms with Crippen LogP contribution in [0.3, 0.4) is 0 Å². The van der Waals surface area contributed by atoms with Gasteiger partial charge in [0.25, 0.3) is 0 Å². The van der Waals surface area contributed by atoms with Crippen molar-refractivity contribution in [1.29, 1.82) is 0 Å². The van der Waals surface area contributed by atoms with E-state index in [2.05, 4.69) is 0 Å². The molecule has 2 rings (SSSR count). The third kappa shape index (κ3) is 0.763. The fourth-order valence-electron chi connectivity index (χ4n) is 1.90. The topological polar surface area (TPSA) is 37.4 Å². The SMILES string of the molecule is CC(=O)C1=C[C@H](C)[C@@H]2CC(=O)N12. The van der Waals surface area contributed by atoms with Gasteiger partial charge < -0.3 is 4.90 Å². The molecule has 2 atom stereocenters. The highest BCUT2D eigenvalue weighted by Gasteiger charge is 2.46. The van der Waals surface area contributed by atoms with Gasteiger partial charge >= 0.3 is 0 Å². The fraction of sp³-hybridized carbons (Fsp3) is 0.556. The first-order chi connectivity index (χ1) is 5.61. The van der Waals surface area contributed by atoms with Crippen LogP contribution >= 0.6 is 0 Å². The summed E-state index contributed by atoms with van der Waals surface area (Å²) in [6.45, 7) is 3.55. The van der Waals surface area contributed by atoms with Crippen molar-refractivity contribution in [1.82, 2.24) is 4.90 Å². The van der Waals surface area contributed by atoms with Crippen LogP contribution in [0.5, 0.6) is 0 Å². The fourth-order valence-corrected chi connectivity index (χ4v) is 1.90. The van der Waals surface area contributed by atoms with Crippen molar-refractivity contribution in [3.63, 3.8) is 0 Å². The highest BCUT2D eigenvalue weighted by molar-refractivity contribution is 6.01. The van der Waals surface area contributed by atoms with E-state index in [0.717, 1.165) is 0 Å². The number of carbonyl (C=O) groups excluding carboxylic acids is 2. The summed E-state index contributed by atoms with van der Waals surface area (Å²) >= 11 is 0. The lowest BCUT2D eigenvalue weighted by Crippen LogP contribution is -2.51. The summed E-state index contributed by atoms with van der Waals surface area (Å²) in [6, 6.07) is 0.274. The molecule has 1 amide bonds. The Balaban J connectivity index is 2.29. The Kier molecular flexibility index (Phi) is 1.37. The normalized spacial score (nSPS) is 32.7. The zero-order chi connectivity index (χ0) is 8.88. The van der Waals surface area contributed by atoms with E-state index in [9.17, 15) is 9.59 Å². The van der Waals surface area contributed by atoms with Crippen molar-refractivity contribution in [3.05, 3.63) is 11.8 Å². The molecule has 1 saturated heterocycles. The summed E-state index contributed by atoms with van der Waals surface area (Å²) in [6.07, 6.45) is 2.51. The number of β-lactam (4-membered cyclic amide) rings is 1. The number of carbonyl (C=O) groups is 2. The van der Waals surface area contributed by atoms with Gasteiger partial charge in [0.1, 0.15) is 0 Å². The highest BCUT2D eigenvalue weighted by atomic mass is 16.2. The number of Topliss-reactive ketones (excluding diaryl/α,β-unsaturated/α-hetero) is 1. The molecule has 0 aromatic carbocycles. The highest BCUT2D eigenvalue weighted by Crippen LogP contribution is 2.37. The Morgan fingerprint density at radius 1 is 1.67 bits per heavy atom. The first-order valence-electron chi connectivity index (χ1n) is 4.16. The second-order valence-corrected chi connectivity index (χ2v) is 3.50. The molecule has 2 aliphatic heterocycles. The summed E-state index contributed by atoms with van der Waals surface area (Å²) in [7, 11) is 0. The maximum atomic E-state index is 11.1. The Bertz CT molecular complexity index is 293. The third-order valence-electron chi connectivity index (χ3n) is 2.63. The van der Waals surface area contributed by atoms with E-state index in [-0.39, 0.29) is 17.7 Å². The molecule has 1 fully saturated rings. The summed E-state index contributed by atoms with van der Waals surface area (Å²) in [5.74, 6) is 0.435. The average Bonchev–Trinajstić information content (AvgIpc) is 2.22. The summed E-state index contributed by atoms with van der Waals surface area (Å²) in [4.78, 5) is 23.8. The standard InChI is InChI=1S/C9H11NO2/c1-5-3-8(6(2)11)10-7(5)4-9(10)12/h3,5,7H,4H2,1-2H3/t5-,7-/m0/s1. The molecule has 12 heavy (non-hydrogen) atoms. The molecule has 0 unspecified atom stereocenters. The van der Waals surface area contributed by atoms with Gasteiger partial charge in [0.2, 0.25) is 5.91 Å². The van der Waals surface area contributed by atoms with Crippen LogP contribution in [0.2, 0.25) is 0 Å². The predicted octanol–water partition coefficient (Wildman–Crippen LogP) is 0.710. The van der Waals surface area contributed by atoms with Crippen LogP contribution < -0.4 is 0 Å². The molecule has 64 valence electrons. The van der Waals surface area contributed by atoms with E-state index >= 15 is 0 Å². The van der Waals surface area contributed by atoms with Crippen LogP contribution in [0.4, 0.5) is 0 Å². The van der Waals surface area contributed by atoms with E-state index in [1.807, 2.05) is 13.0 Å². The predicted molar refractivity (Wildman–Crippen MR) is 43.2 cm³/mol. The lowest BCUT2D eigenvalue weighted by molar-refractivity contribution is -0.144. The lowest BCUT2D eigenvalue weighted by atomic mass is 9.94. The van der Waals surface area contributed by atoms with E-state index in [0.29, 0.717) is 18.0 Å². The molecule has 2 aliphatic rings. The van der Waals surface area contributed by atoms with E-state index in [4.69, 9.17) is 0 Å². The molecule has 0 N–H and O–H groups in total. The number of ketones is 1. The largest absolute Gasteiger partial charge is 0.305 e. The summed E-state index contributed by atoms with van der Waals surface area (Å²) in [5, 5.41) is 0. The van der Waals surface area contributed by atoms with Crippen molar-refractivity contribution >= 4 is 11.7 Å². The molecular weight excluding hydrogens is 154 g/mol. The molecular formula is C9H11NO2.